The van der Waals surface area contributed by atoms with Gasteiger partial charge in [0.05, 0.1) is 5.56 Å². The van der Waals surface area contributed by atoms with Gasteiger partial charge in [0, 0.05) is 21.5 Å². The molecule has 5 rings (SSSR count). The molecule has 0 aliphatic carbocycles. The van der Waals surface area contributed by atoms with Crippen molar-refractivity contribution in [3.63, 3.8) is 0 Å². The molecule has 0 saturated carbocycles. The summed E-state index contributed by atoms with van der Waals surface area (Å²) < 4.78 is 16.8. The lowest BCUT2D eigenvalue weighted by molar-refractivity contribution is 0.0703. The first-order chi connectivity index (χ1) is 15.4. The largest absolute Gasteiger partial charge is 0.452 e. The van der Waals surface area contributed by atoms with E-state index in [1.54, 1.807) is 67.6 Å². The van der Waals surface area contributed by atoms with E-state index in [1.165, 1.54) is 6.07 Å². The lowest BCUT2D eigenvalue weighted by atomic mass is 10.0. The summed E-state index contributed by atoms with van der Waals surface area (Å²) in [5, 5.41) is 1.83. The Bertz CT molecular complexity index is 1430. The zero-order chi connectivity index (χ0) is 22.4. The van der Waals surface area contributed by atoms with Crippen LogP contribution < -0.4 is 9.47 Å². The normalized spacial score (nSPS) is 14.0. The van der Waals surface area contributed by atoms with Gasteiger partial charge in [0.15, 0.2) is 5.76 Å². The Labute approximate surface area is 192 Å². The molecule has 2 heterocycles. The average Bonchev–Trinajstić information content (AvgIpc) is 3.30. The molecule has 0 fully saturated rings. The summed E-state index contributed by atoms with van der Waals surface area (Å²) in [7, 11) is 0. The lowest BCUT2D eigenvalue weighted by Crippen LogP contribution is -2.07. The summed E-state index contributed by atoms with van der Waals surface area (Å²) in [4.78, 5) is 25.4. The van der Waals surface area contributed by atoms with Crippen molar-refractivity contribution in [3.05, 3.63) is 98.9 Å². The van der Waals surface area contributed by atoms with E-state index in [1.807, 2.05) is 0 Å². The molecule has 1 aromatic heterocycles. The van der Waals surface area contributed by atoms with E-state index in [4.69, 9.17) is 37.1 Å². The van der Waals surface area contributed by atoms with Crippen LogP contribution in [0.1, 0.15) is 32.0 Å². The fourth-order valence-electron chi connectivity index (χ4n) is 3.52. The number of hydrogen-bond acceptors (Lipinski definition) is 5. The molecule has 1 aliphatic rings. The smallest absolute Gasteiger partial charge is 0.379 e. The molecule has 0 unspecified atom stereocenters. The van der Waals surface area contributed by atoms with Crippen molar-refractivity contribution in [2.24, 2.45) is 0 Å². The molecule has 1 aliphatic heterocycles. The number of benzene rings is 3. The van der Waals surface area contributed by atoms with Crippen LogP contribution in [-0.4, -0.2) is 11.8 Å². The van der Waals surface area contributed by atoms with Gasteiger partial charge in [-0.25, -0.2) is 4.79 Å². The molecule has 0 atom stereocenters. The van der Waals surface area contributed by atoms with Crippen LogP contribution in [0, 0.1) is 6.92 Å². The number of carbonyl (C=O) groups is 2. The highest BCUT2D eigenvalue weighted by Gasteiger charge is 2.30. The van der Waals surface area contributed by atoms with E-state index in [9.17, 15) is 9.59 Å². The first-order valence-electron chi connectivity index (χ1n) is 9.63. The van der Waals surface area contributed by atoms with E-state index >= 15 is 0 Å². The molecule has 0 N–H and O–H groups in total. The molecule has 0 bridgehead atoms. The van der Waals surface area contributed by atoms with E-state index in [-0.39, 0.29) is 23.1 Å². The van der Waals surface area contributed by atoms with Gasteiger partial charge >= 0.3 is 5.97 Å². The Morgan fingerprint density at radius 3 is 2.50 bits per heavy atom. The molecule has 0 amide bonds. The number of rotatable bonds is 3. The summed E-state index contributed by atoms with van der Waals surface area (Å²) in [5.74, 6) is -0.110. The number of aryl methyl sites for hydroxylation is 1. The SMILES string of the molecule is Cc1cc(OC(=O)c2cc3cc(Cl)ccc3o2)cc2c1C(=O)/C(=C/c1ccc(Cl)cc1)O2. The number of allylic oxidation sites excluding steroid dienone is 1. The average molecular weight is 465 g/mol. The second-order valence-corrected chi connectivity index (χ2v) is 8.16. The number of furan rings is 1. The number of ketones is 1. The molecule has 0 spiro atoms. The minimum atomic E-state index is -0.669. The van der Waals surface area contributed by atoms with Gasteiger partial charge in [-0.05, 0) is 66.6 Å². The standard InChI is InChI=1S/C25H14Cl2O5/c1-13-8-18(30-25(29)22-11-15-10-17(27)6-7-19(15)31-22)12-20-23(13)24(28)21(32-20)9-14-2-4-16(26)5-3-14/h2-12H,1H3/b21-9-. The van der Waals surface area contributed by atoms with Crippen LogP contribution in [0.2, 0.25) is 10.0 Å². The van der Waals surface area contributed by atoms with Crippen LogP contribution in [0.5, 0.6) is 11.5 Å². The number of esters is 1. The highest BCUT2D eigenvalue weighted by molar-refractivity contribution is 6.31. The Morgan fingerprint density at radius 2 is 1.72 bits per heavy atom. The Morgan fingerprint density at radius 1 is 0.969 bits per heavy atom. The lowest BCUT2D eigenvalue weighted by Gasteiger charge is -2.06. The summed E-state index contributed by atoms with van der Waals surface area (Å²) in [6.45, 7) is 1.76. The minimum absolute atomic E-state index is 0.0423. The van der Waals surface area contributed by atoms with Gasteiger partial charge in [0.25, 0.3) is 0 Å². The zero-order valence-electron chi connectivity index (χ0n) is 16.6. The quantitative estimate of drug-likeness (QED) is 0.187. The maximum Gasteiger partial charge on any atom is 0.379 e. The predicted octanol–water partition coefficient (Wildman–Crippen LogP) is 6.88. The molecule has 4 aromatic rings. The van der Waals surface area contributed by atoms with Crippen molar-refractivity contribution in [2.45, 2.75) is 6.92 Å². The number of halogens is 2. The van der Waals surface area contributed by atoms with Crippen molar-refractivity contribution in [2.75, 3.05) is 0 Å². The van der Waals surface area contributed by atoms with Crippen molar-refractivity contribution in [3.8, 4) is 11.5 Å². The van der Waals surface area contributed by atoms with Crippen LogP contribution in [-0.2, 0) is 0 Å². The van der Waals surface area contributed by atoms with Crippen LogP contribution in [0.4, 0.5) is 0 Å². The maximum atomic E-state index is 12.8. The Hall–Kier alpha value is -3.54. The van der Waals surface area contributed by atoms with Crippen LogP contribution in [0.25, 0.3) is 17.0 Å². The first-order valence-corrected chi connectivity index (χ1v) is 10.4. The molecule has 5 nitrogen and oxygen atoms in total. The van der Waals surface area contributed by atoms with Gasteiger partial charge in [0.2, 0.25) is 11.5 Å². The third-order valence-electron chi connectivity index (χ3n) is 5.00. The van der Waals surface area contributed by atoms with Gasteiger partial charge in [0.1, 0.15) is 17.1 Å². The molecule has 0 saturated heterocycles. The fourth-order valence-corrected chi connectivity index (χ4v) is 3.83. The van der Waals surface area contributed by atoms with Gasteiger partial charge in [-0.15, -0.1) is 0 Å². The Kier molecular flexibility index (Phi) is 5.00. The van der Waals surface area contributed by atoms with Gasteiger partial charge < -0.3 is 13.9 Å². The van der Waals surface area contributed by atoms with Crippen molar-refractivity contribution >= 4 is 52.0 Å². The second kappa shape index (κ2) is 7.86. The van der Waals surface area contributed by atoms with Gasteiger partial charge in [-0.1, -0.05) is 35.3 Å². The highest BCUT2D eigenvalue weighted by atomic mass is 35.5. The second-order valence-electron chi connectivity index (χ2n) is 7.29. The molecular weight excluding hydrogens is 451 g/mol. The van der Waals surface area contributed by atoms with Crippen LogP contribution in [0.3, 0.4) is 0 Å². The number of carbonyl (C=O) groups excluding carboxylic acids is 2. The summed E-state index contributed by atoms with van der Waals surface area (Å²) in [6, 6.07) is 16.8. The number of fused-ring (bicyclic) bond motifs is 2. The van der Waals surface area contributed by atoms with Crippen LogP contribution >= 0.6 is 23.2 Å². The zero-order valence-corrected chi connectivity index (χ0v) is 18.2. The van der Waals surface area contributed by atoms with E-state index in [2.05, 4.69) is 0 Å². The molecule has 7 heteroatoms. The summed E-state index contributed by atoms with van der Waals surface area (Å²) >= 11 is 11.9. The van der Waals surface area contributed by atoms with Crippen molar-refractivity contribution in [1.82, 2.24) is 0 Å². The number of hydrogen-bond donors (Lipinski definition) is 0. The van der Waals surface area contributed by atoms with Gasteiger partial charge in [-0.2, -0.15) is 0 Å². The molecule has 3 aromatic carbocycles. The van der Waals surface area contributed by atoms with E-state index < -0.39 is 5.97 Å². The maximum absolute atomic E-state index is 12.8. The molecular formula is C25H14Cl2O5. The van der Waals surface area contributed by atoms with Crippen molar-refractivity contribution < 1.29 is 23.5 Å². The minimum Gasteiger partial charge on any atom is -0.452 e. The van der Waals surface area contributed by atoms with Crippen LogP contribution in [0.15, 0.2) is 70.8 Å². The summed E-state index contributed by atoms with van der Waals surface area (Å²) in [6.07, 6.45) is 1.64. The predicted molar refractivity (Wildman–Crippen MR) is 122 cm³/mol. The third-order valence-corrected chi connectivity index (χ3v) is 5.49. The Balaban J connectivity index is 1.41. The topological polar surface area (TPSA) is 65.7 Å². The molecule has 32 heavy (non-hydrogen) atoms. The number of Topliss-reactive ketones (excluding diaryl/α,β-unsaturated/α-hetero) is 1. The summed E-state index contributed by atoms with van der Waals surface area (Å²) in [5.41, 5.74) is 2.37. The third kappa shape index (κ3) is 3.77. The molecule has 0 radical (unpaired) electrons. The first kappa shape index (κ1) is 20.4. The van der Waals surface area contributed by atoms with Crippen molar-refractivity contribution in [1.29, 1.82) is 0 Å². The monoisotopic (exact) mass is 464 g/mol. The van der Waals surface area contributed by atoms with E-state index in [0.29, 0.717) is 37.9 Å². The molecule has 158 valence electrons. The fraction of sp³-hybridized carbons (Fsp3) is 0.0400. The van der Waals surface area contributed by atoms with E-state index in [0.717, 1.165) is 5.56 Å². The van der Waals surface area contributed by atoms with Gasteiger partial charge in [-0.3, -0.25) is 4.79 Å². The number of ether oxygens (including phenoxy) is 2. The highest BCUT2D eigenvalue weighted by Crippen LogP contribution is 2.38.